The Balaban J connectivity index is 0. The topological polar surface area (TPSA) is 337 Å². The molecule has 20 nitrogen and oxygen atoms in total. The van der Waals surface area contributed by atoms with Crippen LogP contribution in [-0.4, -0.2) is 82.9 Å². The summed E-state index contributed by atoms with van der Waals surface area (Å²) in [5.74, 6) is 2.83. The molecule has 0 saturated heterocycles. The van der Waals surface area contributed by atoms with Crippen LogP contribution in [-0.2, 0) is 19.1 Å². The van der Waals surface area contributed by atoms with Gasteiger partial charge in [0, 0.05) is 9.75 Å². The van der Waals surface area contributed by atoms with Crippen LogP contribution in [0.4, 0.5) is 15.0 Å². The van der Waals surface area contributed by atoms with E-state index >= 15 is 0 Å². The number of nitriles is 1. The van der Waals surface area contributed by atoms with Crippen LogP contribution >= 0.6 is 79.4 Å². The highest BCUT2D eigenvalue weighted by atomic mass is 32.1. The van der Waals surface area contributed by atoms with Gasteiger partial charge in [0.15, 0.2) is 0 Å². The molecule has 0 radical (unpaired) electrons. The highest BCUT2D eigenvalue weighted by Crippen LogP contribution is 2.22. The van der Waals surface area contributed by atoms with Crippen molar-refractivity contribution in [2.45, 2.75) is 151 Å². The summed E-state index contributed by atoms with van der Waals surface area (Å²) in [4.78, 5) is 75.5. The highest BCUT2D eigenvalue weighted by molar-refractivity contribution is 7.16. The lowest BCUT2D eigenvalue weighted by molar-refractivity contribution is -0.150. The maximum absolute atomic E-state index is 11.2. The van der Waals surface area contributed by atoms with Crippen molar-refractivity contribution in [1.29, 1.82) is 5.26 Å². The summed E-state index contributed by atoms with van der Waals surface area (Å²) in [6.07, 6.45) is 0. The summed E-state index contributed by atoms with van der Waals surface area (Å²) < 4.78 is 9.46. The monoisotopic (exact) mass is 1210 g/mol. The molecule has 10 N–H and O–H groups in total. The van der Waals surface area contributed by atoms with Crippen LogP contribution < -0.4 is 28.5 Å². The number of anilines is 3. The number of ether oxygens (including phenoxy) is 2. The zero-order chi connectivity index (χ0) is 60.7. The SMILES string of the molecule is CC(N)C#N.CCOC(=O)C(C)C(C)=O.CCOC(=O)c1sc(C)nc1C.Cc1nc(C)c(C(=O)O)s1.Cc1nc(C)c(C)s1.Cc1nc(C)c(C)s1.Cc1nc(C)c(N)s1.Cc1nc(C)c(N)s1.Cc1nc(C)c(NN)s1. The Kier molecular flexibility index (Phi) is 37.0. The second kappa shape index (κ2) is 38.8. The number of nitrogens with zero attached hydrogens (tertiary/aromatic N) is 8. The zero-order valence-electron chi connectivity index (χ0n) is 48.7. The van der Waals surface area contributed by atoms with Crippen LogP contribution in [0.5, 0.6) is 0 Å². The van der Waals surface area contributed by atoms with Gasteiger partial charge in [0.2, 0.25) is 0 Å². The van der Waals surface area contributed by atoms with Gasteiger partial charge in [-0.1, -0.05) is 0 Å². The molecular formula is C51H79N13O7S7. The van der Waals surface area contributed by atoms with Gasteiger partial charge in [0.25, 0.3) is 0 Å². The van der Waals surface area contributed by atoms with Crippen LogP contribution in [0.3, 0.4) is 0 Å². The minimum atomic E-state index is -0.886. The summed E-state index contributed by atoms with van der Waals surface area (Å²) in [6.45, 7) is 40.0. The van der Waals surface area contributed by atoms with E-state index in [2.05, 4.69) is 58.9 Å². The predicted octanol–water partition coefficient (Wildman–Crippen LogP) is 11.9. The Hall–Kier alpha value is -5.70. The third kappa shape index (κ3) is 31.0. The summed E-state index contributed by atoms with van der Waals surface area (Å²) in [5.41, 5.74) is 25.1. The van der Waals surface area contributed by atoms with Crippen LogP contribution in [0.1, 0.15) is 139 Å². The number of ketones is 1. The number of thiazole rings is 7. The normalized spacial score (nSPS) is 10.3. The van der Waals surface area contributed by atoms with Crippen molar-refractivity contribution >= 4 is 118 Å². The number of nitrogens with one attached hydrogen (secondary N) is 1. The Morgan fingerprint density at radius 2 is 0.859 bits per heavy atom. The first kappa shape index (κ1) is 74.4. The molecular weight excluding hydrogens is 1130 g/mol. The highest BCUT2D eigenvalue weighted by Gasteiger charge is 2.18. The maximum Gasteiger partial charge on any atom is 0.350 e. The smallest absolute Gasteiger partial charge is 0.350 e. The molecule has 0 bridgehead atoms. The minimum absolute atomic E-state index is 0.154. The number of esters is 2. The van der Waals surface area contributed by atoms with Crippen LogP contribution in [0.15, 0.2) is 0 Å². The van der Waals surface area contributed by atoms with E-state index in [0.717, 1.165) is 62.8 Å². The van der Waals surface area contributed by atoms with Crippen molar-refractivity contribution in [1.82, 2.24) is 34.9 Å². The standard InChI is InChI=1S/C8H11NO2S.C7H12O3.C6H7NO2S.2C6H9NS.C5H9N3S.2C5H8N2S.C3H6N2/c1-4-11-8(10)7-5(2)9-6(3)12-7;1-4-10-7(9)5(2)6(3)8;1-3-5(6(8)9)10-4(2)7-3;2*1-4-5(2)8-6(3)7-4;1-3-5(8-6)9-4(2)7-3;2*1-3-5(6)8-4(2)7-3;1-3(5)2-4/h4H2,1-3H3;5H,4H2,1-3H3;1-2H3,(H,8,9);2*1-3H3;8H,6H2,1-2H3;2*6H2,1-2H3;3H,5H2,1H3. The number of aromatic carboxylic acids is 1. The Morgan fingerprint density at radius 3 is 1.03 bits per heavy atom. The number of hydrogen-bond acceptors (Lipinski definition) is 26. The van der Waals surface area contributed by atoms with Crippen molar-refractivity contribution in [2.75, 3.05) is 30.1 Å². The molecule has 27 heteroatoms. The number of carbonyl (C=O) groups excluding carboxylic acids is 3. The summed E-state index contributed by atoms with van der Waals surface area (Å²) >= 11 is 10.7. The third-order valence-corrected chi connectivity index (χ3v) is 16.0. The molecule has 0 aromatic carbocycles. The fourth-order valence-corrected chi connectivity index (χ4v) is 10.4. The molecule has 2 atom stereocenters. The second-order valence-corrected chi connectivity index (χ2v) is 25.1. The largest absolute Gasteiger partial charge is 0.477 e. The van der Waals surface area contributed by atoms with Crippen molar-refractivity contribution in [3.05, 3.63) is 94.4 Å². The Labute approximate surface area is 488 Å². The van der Waals surface area contributed by atoms with Gasteiger partial charge in [-0.25, -0.2) is 50.3 Å². The quantitative estimate of drug-likeness (QED) is 0.0374. The molecule has 0 aliphatic carbocycles. The van der Waals surface area contributed by atoms with E-state index < -0.39 is 17.9 Å². The molecule has 0 spiro atoms. The number of nitrogen functional groups attached to an aromatic ring is 3. The first-order valence-electron chi connectivity index (χ1n) is 23.9. The fraction of sp³-hybridized carbons (Fsp3) is 0.490. The second-order valence-electron chi connectivity index (χ2n) is 16.2. The van der Waals surface area contributed by atoms with Gasteiger partial charge in [0.05, 0.1) is 100 Å². The van der Waals surface area contributed by atoms with Crippen molar-refractivity contribution in [2.24, 2.45) is 17.5 Å². The number of Topliss-reactive ketones (excluding diaryl/α,β-unsaturated/α-hetero) is 1. The maximum atomic E-state index is 11.2. The molecule has 7 heterocycles. The number of rotatable bonds is 7. The number of hydrazine groups is 1. The lowest BCUT2D eigenvalue weighted by Crippen LogP contribution is -2.20. The van der Waals surface area contributed by atoms with Gasteiger partial charge >= 0.3 is 17.9 Å². The molecule has 2 unspecified atom stereocenters. The van der Waals surface area contributed by atoms with Gasteiger partial charge in [-0.05, 0) is 145 Å². The molecule has 432 valence electrons. The minimum Gasteiger partial charge on any atom is -0.477 e. The number of carboxylic acids is 1. The summed E-state index contributed by atoms with van der Waals surface area (Å²) in [7, 11) is 0. The molecule has 7 aromatic rings. The van der Waals surface area contributed by atoms with Gasteiger partial charge in [-0.15, -0.1) is 79.4 Å². The number of hydrogen-bond donors (Lipinski definition) is 6. The Morgan fingerprint density at radius 1 is 0.538 bits per heavy atom. The van der Waals surface area contributed by atoms with E-state index in [1.807, 2.05) is 83.1 Å². The van der Waals surface area contributed by atoms with E-state index in [4.69, 9.17) is 38.1 Å². The lowest BCUT2D eigenvalue weighted by Gasteiger charge is -2.04. The molecule has 0 fully saturated rings. The van der Waals surface area contributed by atoms with E-state index in [0.29, 0.717) is 28.7 Å². The van der Waals surface area contributed by atoms with E-state index in [9.17, 15) is 19.2 Å². The van der Waals surface area contributed by atoms with Crippen LogP contribution in [0.2, 0.25) is 0 Å². The molecule has 7 aromatic heterocycles. The molecule has 0 aliphatic rings. The van der Waals surface area contributed by atoms with Crippen LogP contribution in [0, 0.1) is 128 Å². The first-order chi connectivity index (χ1) is 36.1. The number of nitrogens with two attached hydrogens (primary N) is 4. The number of carbonyl (C=O) groups is 4. The Bertz CT molecular complexity index is 2700. The lowest BCUT2D eigenvalue weighted by atomic mass is 10.1. The molecule has 78 heavy (non-hydrogen) atoms. The van der Waals surface area contributed by atoms with Crippen LogP contribution in [0.25, 0.3) is 0 Å². The average molecular weight is 1210 g/mol. The third-order valence-electron chi connectivity index (χ3n) is 9.10. The first-order valence-corrected chi connectivity index (χ1v) is 29.6. The van der Waals surface area contributed by atoms with Gasteiger partial charge < -0.3 is 37.2 Å². The van der Waals surface area contributed by atoms with Gasteiger partial charge in [-0.3, -0.25) is 9.59 Å². The number of aromatic nitrogens is 7. The molecule has 0 amide bonds. The average Bonchev–Trinajstić information content (AvgIpc) is 4.21. The summed E-state index contributed by atoms with van der Waals surface area (Å²) in [6, 6.07) is 1.50. The number of carboxylic acid groups (broad SMARTS) is 1. The van der Waals surface area contributed by atoms with E-state index in [1.165, 1.54) is 83.4 Å². The van der Waals surface area contributed by atoms with E-state index in [1.54, 1.807) is 81.6 Å². The van der Waals surface area contributed by atoms with Crippen molar-refractivity contribution < 1.29 is 33.8 Å². The molecule has 0 saturated carbocycles. The number of aryl methyl sites for hydroxylation is 16. The van der Waals surface area contributed by atoms with Crippen molar-refractivity contribution in [3.63, 3.8) is 0 Å². The molecule has 0 aliphatic heterocycles. The van der Waals surface area contributed by atoms with Crippen molar-refractivity contribution in [3.8, 4) is 6.07 Å². The summed E-state index contributed by atoms with van der Waals surface area (Å²) in [5, 5.41) is 26.1. The predicted molar refractivity (Wildman–Crippen MR) is 326 cm³/mol. The fourth-order valence-electron chi connectivity index (χ4n) is 5.11. The van der Waals surface area contributed by atoms with Gasteiger partial charge in [-0.2, -0.15) is 5.26 Å². The van der Waals surface area contributed by atoms with Gasteiger partial charge in [0.1, 0.15) is 36.5 Å². The zero-order valence-corrected chi connectivity index (χ0v) is 54.4. The van der Waals surface area contributed by atoms with E-state index in [-0.39, 0.29) is 17.8 Å². The molecule has 7 rings (SSSR count).